The van der Waals surface area contributed by atoms with E-state index in [-0.39, 0.29) is 46.6 Å². The number of unbranched alkanes of at least 4 members (excludes halogenated alkanes) is 1. The summed E-state index contributed by atoms with van der Waals surface area (Å²) >= 11 is 0. The van der Waals surface area contributed by atoms with Crippen LogP contribution >= 0.6 is 0 Å². The normalized spacial score (nSPS) is 14.0. The van der Waals surface area contributed by atoms with Gasteiger partial charge in [-0.3, -0.25) is 14.4 Å². The van der Waals surface area contributed by atoms with Gasteiger partial charge in [0.2, 0.25) is 0 Å². The molecule has 2 rings (SSSR count). The van der Waals surface area contributed by atoms with Crippen LogP contribution in [0.5, 0.6) is 11.5 Å². The highest BCUT2D eigenvalue weighted by molar-refractivity contribution is 6.24. The van der Waals surface area contributed by atoms with Gasteiger partial charge in [0.25, 0.3) is 0 Å². The number of hydrogen-bond acceptors (Lipinski definition) is 6. The van der Waals surface area contributed by atoms with Gasteiger partial charge in [-0.25, -0.2) is 0 Å². The van der Waals surface area contributed by atoms with E-state index >= 15 is 0 Å². The molecule has 0 amide bonds. The van der Waals surface area contributed by atoms with E-state index in [1.165, 1.54) is 26.4 Å². The molecule has 1 unspecified atom stereocenters. The molecule has 0 bridgehead atoms. The van der Waals surface area contributed by atoms with E-state index in [4.69, 9.17) is 14.2 Å². The number of ether oxygens (including phenoxy) is 3. The third-order valence-electron chi connectivity index (χ3n) is 4.30. The molecule has 1 aromatic rings. The average Bonchev–Trinajstić information content (AvgIpc) is 2.66. The van der Waals surface area contributed by atoms with Gasteiger partial charge in [-0.1, -0.05) is 20.3 Å². The number of hydrogen-bond donors (Lipinski definition) is 0. The Morgan fingerprint density at radius 1 is 1.04 bits per heavy atom. The van der Waals surface area contributed by atoms with Crippen LogP contribution in [0.3, 0.4) is 0 Å². The summed E-state index contributed by atoms with van der Waals surface area (Å²) < 4.78 is 16.4. The van der Waals surface area contributed by atoms with Crippen molar-refractivity contribution in [1.82, 2.24) is 0 Å². The van der Waals surface area contributed by atoms with Gasteiger partial charge < -0.3 is 14.2 Å². The Hall–Kier alpha value is -2.63. The summed E-state index contributed by atoms with van der Waals surface area (Å²) in [6, 6.07) is 1.63. The third kappa shape index (κ3) is 3.79. The van der Waals surface area contributed by atoms with Crippen LogP contribution in [-0.4, -0.2) is 31.8 Å². The maximum atomic E-state index is 12.5. The first-order valence-corrected chi connectivity index (χ1v) is 8.73. The lowest BCUT2D eigenvalue weighted by Gasteiger charge is -2.25. The summed E-state index contributed by atoms with van der Waals surface area (Å²) in [5, 5.41) is 0. The Morgan fingerprint density at radius 2 is 1.69 bits per heavy atom. The van der Waals surface area contributed by atoms with Gasteiger partial charge in [0.1, 0.15) is 17.6 Å². The SMILES string of the molecule is CCCCC(OC(=O)CC)c1cc(OC)c2c(c1OC)C(=O)C=CC2=O. The van der Waals surface area contributed by atoms with Crippen molar-refractivity contribution in [3.05, 3.63) is 34.9 Å². The zero-order chi connectivity index (χ0) is 19.3. The molecule has 0 radical (unpaired) electrons. The van der Waals surface area contributed by atoms with Crippen molar-refractivity contribution in [3.63, 3.8) is 0 Å². The number of allylic oxidation sites excluding steroid dienone is 2. The first-order chi connectivity index (χ1) is 12.5. The van der Waals surface area contributed by atoms with E-state index in [1.54, 1.807) is 13.0 Å². The van der Waals surface area contributed by atoms with Crippen molar-refractivity contribution < 1.29 is 28.6 Å². The Balaban J connectivity index is 2.66. The summed E-state index contributed by atoms with van der Waals surface area (Å²) in [7, 11) is 2.86. The van der Waals surface area contributed by atoms with Crippen LogP contribution in [-0.2, 0) is 9.53 Å². The van der Waals surface area contributed by atoms with Gasteiger partial charge in [0.05, 0.1) is 25.3 Å². The molecule has 0 spiro atoms. The van der Waals surface area contributed by atoms with Crippen molar-refractivity contribution in [1.29, 1.82) is 0 Å². The largest absolute Gasteiger partial charge is 0.496 e. The highest BCUT2D eigenvalue weighted by atomic mass is 16.5. The number of methoxy groups -OCH3 is 2. The first kappa shape index (κ1) is 19.7. The van der Waals surface area contributed by atoms with Crippen LogP contribution < -0.4 is 9.47 Å². The summed E-state index contributed by atoms with van der Waals surface area (Å²) in [4.78, 5) is 36.7. The molecule has 0 fully saturated rings. The molecule has 1 aromatic carbocycles. The maximum absolute atomic E-state index is 12.5. The number of rotatable bonds is 8. The molecule has 0 saturated heterocycles. The molecule has 6 heteroatoms. The smallest absolute Gasteiger partial charge is 0.306 e. The molecular formula is C20H24O6. The number of carbonyl (C=O) groups excluding carboxylic acids is 3. The second-order valence-electron chi connectivity index (χ2n) is 5.99. The number of carbonyl (C=O) groups is 3. The van der Waals surface area contributed by atoms with E-state index < -0.39 is 6.10 Å². The summed E-state index contributed by atoms with van der Waals surface area (Å²) in [5.41, 5.74) is 0.870. The fourth-order valence-electron chi connectivity index (χ4n) is 2.99. The predicted octanol–water partition coefficient (Wildman–Crippen LogP) is 3.82. The predicted molar refractivity (Wildman–Crippen MR) is 96.0 cm³/mol. The van der Waals surface area contributed by atoms with Gasteiger partial charge in [-0.05, 0) is 31.1 Å². The molecule has 1 aliphatic carbocycles. The zero-order valence-corrected chi connectivity index (χ0v) is 15.6. The van der Waals surface area contributed by atoms with E-state index in [0.29, 0.717) is 12.0 Å². The van der Waals surface area contributed by atoms with E-state index in [0.717, 1.165) is 12.8 Å². The third-order valence-corrected chi connectivity index (χ3v) is 4.30. The monoisotopic (exact) mass is 360 g/mol. The molecule has 0 aliphatic heterocycles. The Labute approximate surface area is 153 Å². The number of benzene rings is 1. The highest BCUT2D eigenvalue weighted by Crippen LogP contribution is 2.42. The molecule has 140 valence electrons. The fraction of sp³-hybridized carbons (Fsp3) is 0.450. The van der Waals surface area contributed by atoms with Crippen molar-refractivity contribution in [2.75, 3.05) is 14.2 Å². The van der Waals surface area contributed by atoms with E-state index in [1.807, 2.05) is 6.92 Å². The lowest BCUT2D eigenvalue weighted by molar-refractivity contribution is -0.149. The zero-order valence-electron chi connectivity index (χ0n) is 15.6. The number of fused-ring (bicyclic) bond motifs is 1. The van der Waals surface area contributed by atoms with E-state index in [9.17, 15) is 14.4 Å². The molecule has 0 saturated carbocycles. The van der Waals surface area contributed by atoms with Crippen LogP contribution in [0.4, 0.5) is 0 Å². The standard InChI is InChI=1S/C20H24O6/c1-5-7-8-15(26-17(23)6-2)12-11-16(24-3)18-13(21)9-10-14(22)19(18)20(12)25-4/h9-11,15H,5-8H2,1-4H3. The minimum atomic E-state index is -0.578. The minimum absolute atomic E-state index is 0.156. The van der Waals surface area contributed by atoms with E-state index in [2.05, 4.69) is 0 Å². The molecule has 0 N–H and O–H groups in total. The molecule has 0 heterocycles. The van der Waals surface area contributed by atoms with Crippen molar-refractivity contribution in [2.45, 2.75) is 45.6 Å². The summed E-state index contributed by atoms with van der Waals surface area (Å²) in [6.45, 7) is 3.76. The molecular weight excluding hydrogens is 336 g/mol. The van der Waals surface area contributed by atoms with Gasteiger partial charge in [0, 0.05) is 12.0 Å². The molecule has 1 atom stereocenters. The van der Waals surface area contributed by atoms with Gasteiger partial charge in [-0.15, -0.1) is 0 Å². The Kier molecular flexibility index (Phi) is 6.55. The lowest BCUT2D eigenvalue weighted by Crippen LogP contribution is -2.18. The van der Waals surface area contributed by atoms with Crippen LogP contribution in [0.15, 0.2) is 18.2 Å². The minimum Gasteiger partial charge on any atom is -0.496 e. The molecule has 26 heavy (non-hydrogen) atoms. The Bertz CT molecular complexity index is 747. The number of esters is 1. The highest BCUT2D eigenvalue weighted by Gasteiger charge is 2.32. The van der Waals surface area contributed by atoms with Gasteiger partial charge in [-0.2, -0.15) is 0 Å². The van der Waals surface area contributed by atoms with Crippen molar-refractivity contribution >= 4 is 17.5 Å². The summed E-state index contributed by atoms with van der Waals surface area (Å²) in [5.74, 6) is -0.474. The van der Waals surface area contributed by atoms with Crippen LogP contribution in [0.2, 0.25) is 0 Å². The second-order valence-corrected chi connectivity index (χ2v) is 5.99. The molecule has 1 aliphatic rings. The first-order valence-electron chi connectivity index (χ1n) is 8.73. The van der Waals surface area contributed by atoms with Crippen molar-refractivity contribution in [3.8, 4) is 11.5 Å². The molecule has 6 nitrogen and oxygen atoms in total. The second kappa shape index (κ2) is 8.65. The maximum Gasteiger partial charge on any atom is 0.306 e. The summed E-state index contributed by atoms with van der Waals surface area (Å²) in [6.07, 6.45) is 4.44. The fourth-order valence-corrected chi connectivity index (χ4v) is 2.99. The van der Waals surface area contributed by atoms with Crippen LogP contribution in [0.25, 0.3) is 0 Å². The lowest BCUT2D eigenvalue weighted by atomic mass is 9.88. The van der Waals surface area contributed by atoms with Crippen LogP contribution in [0.1, 0.15) is 71.9 Å². The van der Waals surface area contributed by atoms with Crippen LogP contribution in [0, 0.1) is 0 Å². The molecule has 0 aromatic heterocycles. The Morgan fingerprint density at radius 3 is 2.23 bits per heavy atom. The topological polar surface area (TPSA) is 78.9 Å². The average molecular weight is 360 g/mol. The van der Waals surface area contributed by atoms with Gasteiger partial charge >= 0.3 is 5.97 Å². The number of ketones is 2. The van der Waals surface area contributed by atoms with Crippen molar-refractivity contribution in [2.24, 2.45) is 0 Å². The quantitative estimate of drug-likeness (QED) is 0.656. The van der Waals surface area contributed by atoms with Gasteiger partial charge in [0.15, 0.2) is 11.6 Å².